The van der Waals surface area contributed by atoms with Crippen LogP contribution in [-0.2, 0) is 0 Å². The zero-order chi connectivity index (χ0) is 11.0. The smallest absolute Gasteiger partial charge is 0.313 e. The third-order valence-electron chi connectivity index (χ3n) is 2.00. The molecule has 2 aromatic rings. The highest BCUT2D eigenvalue weighted by atomic mass is 19.3. The Kier molecular flexibility index (Phi) is 2.22. The molecule has 0 radical (unpaired) electrons. The second-order valence-electron chi connectivity index (χ2n) is 3.06. The fourth-order valence-corrected chi connectivity index (χ4v) is 1.34. The summed E-state index contributed by atoms with van der Waals surface area (Å²) < 4.78 is 29.4. The Morgan fingerprint density at radius 1 is 1.47 bits per heavy atom. The Labute approximate surface area is 83.7 Å². The molecule has 1 aromatic heterocycles. The van der Waals surface area contributed by atoms with Gasteiger partial charge in [0.25, 0.3) is 5.89 Å². The number of ketones is 1. The molecule has 0 spiro atoms. The lowest BCUT2D eigenvalue weighted by atomic mass is 10.1. The number of hydrogen-bond donors (Lipinski definition) is 0. The van der Waals surface area contributed by atoms with Crippen LogP contribution < -0.4 is 0 Å². The molecular weight excluding hydrogens is 204 g/mol. The van der Waals surface area contributed by atoms with Crippen molar-refractivity contribution in [2.75, 3.05) is 0 Å². The monoisotopic (exact) mass is 211 g/mol. The number of benzene rings is 1. The van der Waals surface area contributed by atoms with Gasteiger partial charge in [0.1, 0.15) is 5.52 Å². The summed E-state index contributed by atoms with van der Waals surface area (Å²) in [5.74, 6) is -0.881. The number of aromatic nitrogens is 1. The molecule has 2 rings (SSSR count). The maximum absolute atomic E-state index is 12.3. The van der Waals surface area contributed by atoms with Crippen molar-refractivity contribution in [3.8, 4) is 0 Å². The van der Waals surface area contributed by atoms with Gasteiger partial charge in [-0.2, -0.15) is 8.78 Å². The predicted octanol–water partition coefficient (Wildman–Crippen LogP) is 2.97. The van der Waals surface area contributed by atoms with Crippen molar-refractivity contribution in [2.24, 2.45) is 0 Å². The first-order valence-corrected chi connectivity index (χ1v) is 4.28. The fraction of sp³-hybridized carbons (Fsp3) is 0.200. The van der Waals surface area contributed by atoms with E-state index in [9.17, 15) is 13.6 Å². The van der Waals surface area contributed by atoms with Gasteiger partial charge in [-0.1, -0.05) is 6.07 Å². The lowest BCUT2D eigenvalue weighted by Gasteiger charge is -1.93. The number of carbonyl (C=O) groups excluding carboxylic acids is 1. The Hall–Kier alpha value is -1.78. The van der Waals surface area contributed by atoms with Gasteiger partial charge in [0.05, 0.1) is 0 Å². The molecule has 0 saturated carbocycles. The highest BCUT2D eigenvalue weighted by molar-refractivity contribution is 6.04. The van der Waals surface area contributed by atoms with Gasteiger partial charge in [-0.3, -0.25) is 4.79 Å². The number of fused-ring (bicyclic) bond motifs is 1. The van der Waals surface area contributed by atoms with Crippen molar-refractivity contribution in [1.29, 1.82) is 0 Å². The van der Waals surface area contributed by atoms with E-state index in [0.717, 1.165) is 0 Å². The second kappa shape index (κ2) is 3.42. The van der Waals surface area contributed by atoms with Crippen LogP contribution in [-0.4, -0.2) is 10.8 Å². The van der Waals surface area contributed by atoms with Crippen LogP contribution in [0.3, 0.4) is 0 Å². The van der Waals surface area contributed by atoms with Crippen LogP contribution >= 0.6 is 0 Å². The van der Waals surface area contributed by atoms with Crippen molar-refractivity contribution < 1.29 is 18.0 Å². The largest absolute Gasteiger partial charge is 0.435 e. The van der Waals surface area contributed by atoms with Crippen molar-refractivity contribution in [1.82, 2.24) is 4.98 Å². The van der Waals surface area contributed by atoms with Crippen LogP contribution in [0.25, 0.3) is 11.1 Å². The Morgan fingerprint density at radius 3 is 2.80 bits per heavy atom. The third-order valence-corrected chi connectivity index (χ3v) is 2.00. The number of hydrogen-bond acceptors (Lipinski definition) is 3. The fourth-order valence-electron chi connectivity index (χ4n) is 1.34. The zero-order valence-electron chi connectivity index (χ0n) is 7.83. The molecule has 1 aromatic carbocycles. The van der Waals surface area contributed by atoms with E-state index in [2.05, 4.69) is 4.98 Å². The van der Waals surface area contributed by atoms with Gasteiger partial charge >= 0.3 is 6.43 Å². The van der Waals surface area contributed by atoms with E-state index >= 15 is 0 Å². The lowest BCUT2D eigenvalue weighted by molar-refractivity contribution is 0.101. The van der Waals surface area contributed by atoms with Crippen molar-refractivity contribution in [2.45, 2.75) is 13.3 Å². The number of rotatable bonds is 2. The normalized spacial score (nSPS) is 11.2. The molecule has 0 unspecified atom stereocenters. The molecule has 0 aliphatic rings. The Bertz CT molecular complexity index is 519. The molecule has 0 N–H and O–H groups in total. The summed E-state index contributed by atoms with van der Waals surface area (Å²) in [6.07, 6.45) is -2.77. The summed E-state index contributed by atoms with van der Waals surface area (Å²) in [6.45, 7) is 1.35. The van der Waals surface area contributed by atoms with Gasteiger partial charge in [-0.25, -0.2) is 4.98 Å². The van der Waals surface area contributed by atoms with E-state index in [0.29, 0.717) is 5.56 Å². The minimum Gasteiger partial charge on any atom is -0.435 e. The summed E-state index contributed by atoms with van der Waals surface area (Å²) >= 11 is 0. The molecule has 0 fully saturated rings. The number of carbonyl (C=O) groups is 1. The molecule has 0 aliphatic carbocycles. The molecule has 0 bridgehead atoms. The molecule has 0 saturated heterocycles. The molecule has 3 nitrogen and oxygen atoms in total. The first-order chi connectivity index (χ1) is 7.09. The average Bonchev–Trinajstić information content (AvgIpc) is 2.60. The highest BCUT2D eigenvalue weighted by Gasteiger charge is 2.18. The summed E-state index contributed by atoms with van der Waals surface area (Å²) in [5, 5.41) is 0. The van der Waals surface area contributed by atoms with Crippen LogP contribution in [0.2, 0.25) is 0 Å². The van der Waals surface area contributed by atoms with E-state index < -0.39 is 12.3 Å². The standard InChI is InChI=1S/C10H7F2NO2/c1-5(14)6-3-2-4-7-8(6)13-10(15-7)9(11)12/h2-4,9H,1H3. The summed E-state index contributed by atoms with van der Waals surface area (Å²) in [6, 6.07) is 4.60. The maximum atomic E-state index is 12.3. The van der Waals surface area contributed by atoms with Gasteiger partial charge in [0.2, 0.25) is 0 Å². The van der Waals surface area contributed by atoms with Gasteiger partial charge in [-0.05, 0) is 19.1 Å². The minimum atomic E-state index is -2.77. The molecule has 0 atom stereocenters. The molecule has 15 heavy (non-hydrogen) atoms. The quantitative estimate of drug-likeness (QED) is 0.717. The maximum Gasteiger partial charge on any atom is 0.313 e. The number of alkyl halides is 2. The zero-order valence-corrected chi connectivity index (χ0v) is 7.83. The molecule has 78 valence electrons. The molecule has 0 aliphatic heterocycles. The third kappa shape index (κ3) is 1.60. The van der Waals surface area contributed by atoms with Gasteiger partial charge in [0, 0.05) is 5.56 Å². The number of oxazole rings is 1. The second-order valence-corrected chi connectivity index (χ2v) is 3.06. The Morgan fingerprint density at radius 2 is 2.20 bits per heavy atom. The van der Waals surface area contributed by atoms with E-state index in [1.165, 1.54) is 19.1 Å². The van der Waals surface area contributed by atoms with Gasteiger partial charge < -0.3 is 4.42 Å². The first kappa shape index (κ1) is 9.76. The van der Waals surface area contributed by atoms with E-state index in [-0.39, 0.29) is 16.9 Å². The average molecular weight is 211 g/mol. The SMILES string of the molecule is CC(=O)c1cccc2oc(C(F)F)nc12. The van der Waals surface area contributed by atoms with E-state index in [1.54, 1.807) is 6.07 Å². The van der Waals surface area contributed by atoms with Crippen LogP contribution in [0.1, 0.15) is 29.6 Å². The van der Waals surface area contributed by atoms with Crippen molar-refractivity contribution >= 4 is 16.9 Å². The van der Waals surface area contributed by atoms with Crippen molar-refractivity contribution in [3.05, 3.63) is 29.7 Å². The number of Topliss-reactive ketones (excluding diaryl/α,β-unsaturated/α-hetero) is 1. The van der Waals surface area contributed by atoms with Crippen LogP contribution in [0, 0.1) is 0 Å². The molecule has 0 amide bonds. The van der Waals surface area contributed by atoms with Crippen molar-refractivity contribution in [3.63, 3.8) is 0 Å². The van der Waals surface area contributed by atoms with E-state index in [4.69, 9.17) is 4.42 Å². The molecular formula is C10H7F2NO2. The number of para-hydroxylation sites is 1. The summed E-state index contributed by atoms with van der Waals surface area (Å²) in [5.41, 5.74) is 0.696. The first-order valence-electron chi connectivity index (χ1n) is 4.28. The Balaban J connectivity index is 2.70. The predicted molar refractivity (Wildman–Crippen MR) is 49.0 cm³/mol. The minimum absolute atomic E-state index is 0.195. The highest BCUT2D eigenvalue weighted by Crippen LogP contribution is 2.25. The summed E-state index contributed by atoms with van der Waals surface area (Å²) in [4.78, 5) is 14.8. The summed E-state index contributed by atoms with van der Waals surface area (Å²) in [7, 11) is 0. The van der Waals surface area contributed by atoms with Crippen LogP contribution in [0.5, 0.6) is 0 Å². The topological polar surface area (TPSA) is 43.1 Å². The molecule has 1 heterocycles. The van der Waals surface area contributed by atoms with E-state index in [1.807, 2.05) is 0 Å². The lowest BCUT2D eigenvalue weighted by Crippen LogP contribution is -1.93. The number of nitrogens with zero attached hydrogens (tertiary/aromatic N) is 1. The van der Waals surface area contributed by atoms with Crippen LogP contribution in [0.4, 0.5) is 8.78 Å². The van der Waals surface area contributed by atoms with Gasteiger partial charge in [0.15, 0.2) is 11.4 Å². The van der Waals surface area contributed by atoms with Gasteiger partial charge in [-0.15, -0.1) is 0 Å². The number of halogens is 2. The molecule has 5 heteroatoms. The van der Waals surface area contributed by atoms with Crippen LogP contribution in [0.15, 0.2) is 22.6 Å².